The molecule has 0 saturated heterocycles. The second-order valence-corrected chi connectivity index (χ2v) is 3.58. The fraction of sp³-hybridized carbons (Fsp3) is 0.250. The summed E-state index contributed by atoms with van der Waals surface area (Å²) in [7, 11) is 0. The molecule has 2 aromatic rings. The Bertz CT molecular complexity index is 629. The number of hydrogen-bond acceptors (Lipinski definition) is 4. The summed E-state index contributed by atoms with van der Waals surface area (Å²) in [5, 5.41) is 5.01. The smallest absolute Gasteiger partial charge is 0.293 e. The number of nitrogens with zero attached hydrogens (tertiary/aromatic N) is 3. The summed E-state index contributed by atoms with van der Waals surface area (Å²) in [5.74, 6) is 0.0179. The summed E-state index contributed by atoms with van der Waals surface area (Å²) in [6.07, 6.45) is 0. The van der Waals surface area contributed by atoms with E-state index in [4.69, 9.17) is 11.6 Å². The molecule has 0 unspecified atom stereocenters. The van der Waals surface area contributed by atoms with Gasteiger partial charge < -0.3 is 0 Å². The largest absolute Gasteiger partial charge is 0.295 e. The topological polar surface area (TPSA) is 92.2 Å². The Morgan fingerprint density at radius 3 is 2.81 bits per heavy atom. The predicted molar refractivity (Wildman–Crippen MR) is 57.7 cm³/mol. The Morgan fingerprint density at radius 2 is 2.19 bits per heavy atom. The third-order valence-electron chi connectivity index (χ3n) is 1.90. The van der Waals surface area contributed by atoms with Crippen LogP contribution in [0.2, 0.25) is 5.02 Å². The lowest BCUT2D eigenvalue weighted by Crippen LogP contribution is -2.17. The molecule has 2 heterocycles. The minimum Gasteiger partial charge on any atom is -0.295 e. The molecule has 1 amide bonds. The van der Waals surface area contributed by atoms with Crippen LogP contribution >= 0.6 is 11.6 Å². The minimum absolute atomic E-state index is 0.0236. The average Bonchev–Trinajstić information content (AvgIpc) is 2.56. The molecule has 2 aromatic heterocycles. The summed E-state index contributed by atoms with van der Waals surface area (Å²) in [5.41, 5.74) is -0.0548. The summed E-state index contributed by atoms with van der Waals surface area (Å²) in [4.78, 5) is 30.4. The molecule has 16 heavy (non-hydrogen) atoms. The SMILES string of the molecule is CC(=O)Nc1nc2nc(C)c(Cl)c(=O)n2[nH]1. The number of carbonyl (C=O) groups excluding carboxylic acids is 1. The highest BCUT2D eigenvalue weighted by Gasteiger charge is 2.11. The van der Waals surface area contributed by atoms with E-state index in [1.54, 1.807) is 6.92 Å². The van der Waals surface area contributed by atoms with Crippen molar-refractivity contribution in [3.05, 3.63) is 21.1 Å². The maximum absolute atomic E-state index is 11.7. The second kappa shape index (κ2) is 3.60. The van der Waals surface area contributed by atoms with Crippen molar-refractivity contribution in [3.63, 3.8) is 0 Å². The normalized spacial score (nSPS) is 10.7. The standard InChI is InChI=1S/C8H8ClN5O2/c1-3-5(9)6(16)14-8(10-3)12-7(13-14)11-4(2)15/h1-2H3,(H2,10,11,12,13,15). The number of aryl methyl sites for hydroxylation is 1. The lowest BCUT2D eigenvalue weighted by molar-refractivity contribution is -0.114. The van der Waals surface area contributed by atoms with Gasteiger partial charge in [0.25, 0.3) is 11.3 Å². The van der Waals surface area contributed by atoms with Crippen LogP contribution in [0.25, 0.3) is 5.78 Å². The molecule has 0 aliphatic rings. The Morgan fingerprint density at radius 1 is 1.50 bits per heavy atom. The highest BCUT2D eigenvalue weighted by atomic mass is 35.5. The van der Waals surface area contributed by atoms with Gasteiger partial charge in [0.1, 0.15) is 5.02 Å². The van der Waals surface area contributed by atoms with E-state index in [9.17, 15) is 9.59 Å². The van der Waals surface area contributed by atoms with Crippen molar-refractivity contribution in [1.82, 2.24) is 19.6 Å². The van der Waals surface area contributed by atoms with Crippen LogP contribution in [0.4, 0.5) is 5.95 Å². The highest BCUT2D eigenvalue weighted by molar-refractivity contribution is 6.31. The monoisotopic (exact) mass is 241 g/mol. The molecule has 0 fully saturated rings. The van der Waals surface area contributed by atoms with Crippen molar-refractivity contribution in [3.8, 4) is 0 Å². The van der Waals surface area contributed by atoms with E-state index in [0.717, 1.165) is 4.52 Å². The van der Waals surface area contributed by atoms with Gasteiger partial charge in [-0.25, -0.2) is 4.98 Å². The molecule has 0 bridgehead atoms. The van der Waals surface area contributed by atoms with Crippen LogP contribution < -0.4 is 10.9 Å². The van der Waals surface area contributed by atoms with E-state index < -0.39 is 5.56 Å². The number of fused-ring (bicyclic) bond motifs is 1. The van der Waals surface area contributed by atoms with Crippen LogP contribution in [0.1, 0.15) is 12.6 Å². The molecule has 0 aliphatic carbocycles. The lowest BCUT2D eigenvalue weighted by atomic mass is 10.4. The molecular weight excluding hydrogens is 234 g/mol. The minimum atomic E-state index is -0.451. The van der Waals surface area contributed by atoms with Gasteiger partial charge in [-0.15, -0.1) is 0 Å². The molecule has 0 atom stereocenters. The first-order valence-corrected chi connectivity index (χ1v) is 4.79. The molecule has 8 heteroatoms. The lowest BCUT2D eigenvalue weighted by Gasteiger charge is -1.95. The molecule has 84 valence electrons. The van der Waals surface area contributed by atoms with Gasteiger partial charge in [-0.3, -0.25) is 20.0 Å². The first kappa shape index (κ1) is 10.6. The van der Waals surface area contributed by atoms with Crippen molar-refractivity contribution < 1.29 is 4.79 Å². The Hall–Kier alpha value is -1.89. The van der Waals surface area contributed by atoms with Gasteiger partial charge in [0, 0.05) is 6.92 Å². The van der Waals surface area contributed by atoms with Crippen LogP contribution in [-0.2, 0) is 4.79 Å². The van der Waals surface area contributed by atoms with Gasteiger partial charge in [0.15, 0.2) is 0 Å². The molecule has 2 rings (SSSR count). The second-order valence-electron chi connectivity index (χ2n) is 3.21. The van der Waals surface area contributed by atoms with Crippen LogP contribution in [0.3, 0.4) is 0 Å². The Labute approximate surface area is 94.4 Å². The number of aromatic amines is 1. The van der Waals surface area contributed by atoms with Crippen molar-refractivity contribution in [2.75, 3.05) is 5.32 Å². The first-order chi connectivity index (χ1) is 7.49. The van der Waals surface area contributed by atoms with Gasteiger partial charge in [-0.1, -0.05) is 11.6 Å². The summed E-state index contributed by atoms with van der Waals surface area (Å²) in [6.45, 7) is 2.94. The number of H-pyrrole nitrogens is 1. The highest BCUT2D eigenvalue weighted by Crippen LogP contribution is 2.08. The Kier molecular flexibility index (Phi) is 2.39. The van der Waals surface area contributed by atoms with Crippen molar-refractivity contribution in [2.24, 2.45) is 0 Å². The number of aromatic nitrogens is 4. The van der Waals surface area contributed by atoms with Crippen molar-refractivity contribution in [1.29, 1.82) is 0 Å². The molecule has 0 radical (unpaired) electrons. The van der Waals surface area contributed by atoms with Crippen molar-refractivity contribution in [2.45, 2.75) is 13.8 Å². The van der Waals surface area contributed by atoms with E-state index in [1.807, 2.05) is 0 Å². The van der Waals surface area contributed by atoms with Gasteiger partial charge in [0.05, 0.1) is 5.69 Å². The number of halogens is 1. The van der Waals surface area contributed by atoms with E-state index in [2.05, 4.69) is 20.4 Å². The van der Waals surface area contributed by atoms with E-state index in [1.165, 1.54) is 6.92 Å². The zero-order valence-electron chi connectivity index (χ0n) is 8.54. The fourth-order valence-corrected chi connectivity index (χ4v) is 1.35. The van der Waals surface area contributed by atoms with E-state index in [-0.39, 0.29) is 22.7 Å². The van der Waals surface area contributed by atoms with E-state index in [0.29, 0.717) is 5.69 Å². The third-order valence-corrected chi connectivity index (χ3v) is 2.34. The number of anilines is 1. The van der Waals surface area contributed by atoms with Gasteiger partial charge in [-0.2, -0.15) is 9.50 Å². The van der Waals surface area contributed by atoms with Crippen LogP contribution in [0, 0.1) is 6.92 Å². The maximum Gasteiger partial charge on any atom is 0.293 e. The zero-order valence-corrected chi connectivity index (χ0v) is 9.29. The number of hydrogen-bond donors (Lipinski definition) is 2. The quantitative estimate of drug-likeness (QED) is 0.753. The van der Waals surface area contributed by atoms with Crippen LogP contribution in [-0.4, -0.2) is 25.5 Å². The van der Waals surface area contributed by atoms with Gasteiger partial charge in [-0.05, 0) is 6.92 Å². The number of nitrogens with one attached hydrogen (secondary N) is 2. The van der Waals surface area contributed by atoms with Gasteiger partial charge >= 0.3 is 0 Å². The molecule has 0 spiro atoms. The summed E-state index contributed by atoms with van der Waals surface area (Å²) < 4.78 is 1.07. The van der Waals surface area contributed by atoms with Crippen molar-refractivity contribution >= 4 is 29.2 Å². The number of amides is 1. The molecular formula is C8H8ClN5O2. The van der Waals surface area contributed by atoms with Crippen LogP contribution in [0.5, 0.6) is 0 Å². The first-order valence-electron chi connectivity index (χ1n) is 4.41. The molecule has 0 aliphatic heterocycles. The maximum atomic E-state index is 11.7. The zero-order chi connectivity index (χ0) is 11.9. The molecule has 0 saturated carbocycles. The van der Waals surface area contributed by atoms with Gasteiger partial charge in [0.2, 0.25) is 11.9 Å². The predicted octanol–water partition coefficient (Wildman–Crippen LogP) is 0.338. The fourth-order valence-electron chi connectivity index (χ4n) is 1.22. The van der Waals surface area contributed by atoms with E-state index >= 15 is 0 Å². The Balaban J connectivity index is 2.67. The third kappa shape index (κ3) is 1.65. The summed E-state index contributed by atoms with van der Waals surface area (Å²) >= 11 is 5.74. The molecule has 7 nitrogen and oxygen atoms in total. The van der Waals surface area contributed by atoms with Crippen LogP contribution in [0.15, 0.2) is 4.79 Å². The number of rotatable bonds is 1. The average molecular weight is 242 g/mol. The summed E-state index contributed by atoms with van der Waals surface area (Å²) in [6, 6.07) is 0. The number of carbonyl (C=O) groups is 1. The molecule has 2 N–H and O–H groups in total. The molecule has 0 aromatic carbocycles.